The third kappa shape index (κ3) is 1.83. The van der Waals surface area contributed by atoms with E-state index >= 15 is 0 Å². The van der Waals surface area contributed by atoms with Crippen LogP contribution >= 0.6 is 11.3 Å². The van der Waals surface area contributed by atoms with Gasteiger partial charge in [-0.2, -0.15) is 0 Å². The Hall–Kier alpha value is -0.890. The van der Waals surface area contributed by atoms with E-state index in [9.17, 15) is 4.79 Å². The summed E-state index contributed by atoms with van der Waals surface area (Å²) in [5.41, 5.74) is 0. The molecule has 0 amide bonds. The summed E-state index contributed by atoms with van der Waals surface area (Å²) in [6, 6.07) is 3.95. The van der Waals surface area contributed by atoms with Crippen molar-refractivity contribution in [3.63, 3.8) is 0 Å². The summed E-state index contributed by atoms with van der Waals surface area (Å²) in [6.07, 6.45) is 2.82. The lowest BCUT2D eigenvalue weighted by Gasteiger charge is -2.12. The van der Waals surface area contributed by atoms with Gasteiger partial charge in [0.15, 0.2) is 0 Å². The van der Waals surface area contributed by atoms with Crippen LogP contribution in [0, 0.1) is 5.92 Å². The van der Waals surface area contributed by atoms with E-state index in [0.29, 0.717) is 0 Å². The maximum absolute atomic E-state index is 10.8. The molecule has 12 heavy (non-hydrogen) atoms. The quantitative estimate of drug-likeness (QED) is 0.514. The molecular weight excluding hydrogens is 168 g/mol. The molecule has 64 valence electrons. The first kappa shape index (κ1) is 9.20. The van der Waals surface area contributed by atoms with Gasteiger partial charge < -0.3 is 4.79 Å². The highest BCUT2D eigenvalue weighted by Gasteiger charge is 2.16. The summed E-state index contributed by atoms with van der Waals surface area (Å²) < 4.78 is 0. The minimum absolute atomic E-state index is 0.0116. The lowest BCUT2D eigenvalue weighted by Crippen LogP contribution is -2.06. The lowest BCUT2D eigenvalue weighted by molar-refractivity contribution is -0.109. The molecule has 1 aromatic heterocycles. The third-order valence-electron chi connectivity index (χ3n) is 1.96. The summed E-state index contributed by atoms with van der Waals surface area (Å²) in [5.74, 6) is 0.212. The SMILES string of the molecule is C=CC(C)C(C=O)c1cccs1. The van der Waals surface area contributed by atoms with Crippen molar-refractivity contribution >= 4 is 17.6 Å². The van der Waals surface area contributed by atoms with Crippen LogP contribution < -0.4 is 0 Å². The molecule has 0 aliphatic heterocycles. The van der Waals surface area contributed by atoms with Crippen molar-refractivity contribution in [2.75, 3.05) is 0 Å². The Morgan fingerprint density at radius 2 is 2.42 bits per heavy atom. The predicted molar refractivity (Wildman–Crippen MR) is 52.5 cm³/mol. The maximum atomic E-state index is 10.8. The third-order valence-corrected chi connectivity index (χ3v) is 2.93. The van der Waals surface area contributed by atoms with Crippen LogP contribution in [0.4, 0.5) is 0 Å². The molecule has 2 unspecified atom stereocenters. The molecule has 0 aliphatic carbocycles. The highest BCUT2D eigenvalue weighted by molar-refractivity contribution is 7.10. The number of aldehydes is 1. The Morgan fingerprint density at radius 1 is 1.67 bits per heavy atom. The average Bonchev–Trinajstić information content (AvgIpc) is 2.58. The fourth-order valence-electron chi connectivity index (χ4n) is 1.08. The van der Waals surface area contributed by atoms with Crippen molar-refractivity contribution in [3.05, 3.63) is 35.0 Å². The van der Waals surface area contributed by atoms with Crippen molar-refractivity contribution in [2.45, 2.75) is 12.8 Å². The molecule has 2 heteroatoms. The predicted octanol–water partition coefficient (Wildman–Crippen LogP) is 2.85. The van der Waals surface area contributed by atoms with Crippen LogP contribution in [0.5, 0.6) is 0 Å². The maximum Gasteiger partial charge on any atom is 0.128 e. The lowest BCUT2D eigenvalue weighted by atomic mass is 9.94. The standard InChI is InChI=1S/C10H12OS/c1-3-8(2)9(7-11)10-5-4-6-12-10/h3-9H,1H2,2H3. The smallest absolute Gasteiger partial charge is 0.128 e. The second-order valence-electron chi connectivity index (χ2n) is 2.77. The van der Waals surface area contributed by atoms with E-state index in [1.165, 1.54) is 0 Å². The zero-order valence-electron chi connectivity index (χ0n) is 7.07. The molecule has 0 saturated heterocycles. The van der Waals surface area contributed by atoms with E-state index < -0.39 is 0 Å². The van der Waals surface area contributed by atoms with Crippen molar-refractivity contribution in [2.24, 2.45) is 5.92 Å². The Labute approximate surface area is 76.7 Å². The van der Waals surface area contributed by atoms with E-state index in [4.69, 9.17) is 0 Å². The minimum Gasteiger partial charge on any atom is -0.303 e. The van der Waals surface area contributed by atoms with Crippen molar-refractivity contribution in [3.8, 4) is 0 Å². The molecule has 1 nitrogen and oxygen atoms in total. The van der Waals surface area contributed by atoms with Gasteiger partial charge in [-0.05, 0) is 17.4 Å². The fraction of sp³-hybridized carbons (Fsp3) is 0.300. The first-order chi connectivity index (χ1) is 5.79. The molecule has 1 aromatic rings. The van der Waals surface area contributed by atoms with Gasteiger partial charge in [0.25, 0.3) is 0 Å². The van der Waals surface area contributed by atoms with Crippen LogP contribution in [-0.2, 0) is 4.79 Å². The molecule has 0 aromatic carbocycles. The zero-order valence-corrected chi connectivity index (χ0v) is 7.88. The highest BCUT2D eigenvalue weighted by atomic mass is 32.1. The molecule has 0 aliphatic rings. The van der Waals surface area contributed by atoms with Crippen molar-refractivity contribution in [1.29, 1.82) is 0 Å². The summed E-state index contributed by atoms with van der Waals surface area (Å²) in [6.45, 7) is 5.69. The minimum atomic E-state index is -0.0116. The molecule has 1 heterocycles. The topological polar surface area (TPSA) is 17.1 Å². The van der Waals surface area contributed by atoms with E-state index in [-0.39, 0.29) is 11.8 Å². The monoisotopic (exact) mass is 180 g/mol. The number of allylic oxidation sites excluding steroid dienone is 1. The average molecular weight is 180 g/mol. The first-order valence-electron chi connectivity index (χ1n) is 3.91. The van der Waals surface area contributed by atoms with Crippen molar-refractivity contribution in [1.82, 2.24) is 0 Å². The Kier molecular flexibility index (Phi) is 3.23. The van der Waals surface area contributed by atoms with Gasteiger partial charge in [0.05, 0.1) is 5.92 Å². The van der Waals surface area contributed by atoms with Crippen LogP contribution in [0.2, 0.25) is 0 Å². The summed E-state index contributed by atoms with van der Waals surface area (Å²) in [5, 5.41) is 1.99. The molecule has 0 radical (unpaired) electrons. The number of rotatable bonds is 4. The number of carbonyl (C=O) groups is 1. The number of thiophene rings is 1. The molecule has 2 atom stereocenters. The molecule has 1 rings (SSSR count). The van der Waals surface area contributed by atoms with Gasteiger partial charge in [-0.15, -0.1) is 17.9 Å². The number of carbonyl (C=O) groups excluding carboxylic acids is 1. The van der Waals surface area contributed by atoms with Gasteiger partial charge in [-0.25, -0.2) is 0 Å². The second kappa shape index (κ2) is 4.21. The van der Waals surface area contributed by atoms with Crippen LogP contribution in [0.15, 0.2) is 30.2 Å². The Bertz CT molecular complexity index is 251. The van der Waals surface area contributed by atoms with E-state index in [1.807, 2.05) is 30.5 Å². The van der Waals surface area contributed by atoms with Gasteiger partial charge in [0.2, 0.25) is 0 Å². The first-order valence-corrected chi connectivity index (χ1v) is 4.78. The fourth-order valence-corrected chi connectivity index (χ4v) is 1.98. The highest BCUT2D eigenvalue weighted by Crippen LogP contribution is 2.26. The van der Waals surface area contributed by atoms with Gasteiger partial charge in [0.1, 0.15) is 6.29 Å². The van der Waals surface area contributed by atoms with E-state index in [2.05, 4.69) is 6.58 Å². The summed E-state index contributed by atoms with van der Waals surface area (Å²) >= 11 is 1.62. The van der Waals surface area contributed by atoms with Crippen LogP contribution in [0.1, 0.15) is 17.7 Å². The van der Waals surface area contributed by atoms with Crippen LogP contribution in [0.3, 0.4) is 0 Å². The van der Waals surface area contributed by atoms with Crippen LogP contribution in [0.25, 0.3) is 0 Å². The Morgan fingerprint density at radius 3 is 2.83 bits per heavy atom. The number of hydrogen-bond acceptors (Lipinski definition) is 2. The second-order valence-corrected chi connectivity index (χ2v) is 3.75. The summed E-state index contributed by atoms with van der Waals surface area (Å²) in [7, 11) is 0. The number of hydrogen-bond donors (Lipinski definition) is 0. The Balaban J connectivity index is 2.82. The normalized spacial score (nSPS) is 15.1. The van der Waals surface area contributed by atoms with E-state index in [1.54, 1.807) is 11.3 Å². The molecule has 0 spiro atoms. The molecule has 0 fully saturated rings. The largest absolute Gasteiger partial charge is 0.303 e. The van der Waals surface area contributed by atoms with Crippen molar-refractivity contribution < 1.29 is 4.79 Å². The van der Waals surface area contributed by atoms with Crippen LogP contribution in [-0.4, -0.2) is 6.29 Å². The van der Waals surface area contributed by atoms with Gasteiger partial charge in [0, 0.05) is 4.88 Å². The molecule has 0 bridgehead atoms. The zero-order chi connectivity index (χ0) is 8.97. The molecular formula is C10H12OS. The summed E-state index contributed by atoms with van der Waals surface area (Å²) in [4.78, 5) is 11.9. The molecule has 0 saturated carbocycles. The molecule has 0 N–H and O–H groups in total. The van der Waals surface area contributed by atoms with Gasteiger partial charge in [-0.1, -0.05) is 19.1 Å². The van der Waals surface area contributed by atoms with Gasteiger partial charge >= 0.3 is 0 Å². The van der Waals surface area contributed by atoms with E-state index in [0.717, 1.165) is 11.2 Å². The van der Waals surface area contributed by atoms with Gasteiger partial charge in [-0.3, -0.25) is 0 Å².